The van der Waals surface area contributed by atoms with Gasteiger partial charge in [-0.05, 0) is 17.0 Å². The quantitative estimate of drug-likeness (QED) is 0.703. The average molecular weight is 407 g/mol. The molecule has 2 atom stereocenters. The van der Waals surface area contributed by atoms with Gasteiger partial charge in [0, 0.05) is 25.3 Å². The van der Waals surface area contributed by atoms with Crippen LogP contribution in [0.25, 0.3) is 0 Å². The van der Waals surface area contributed by atoms with Crippen LogP contribution in [-0.4, -0.2) is 23.9 Å². The molecule has 1 aliphatic rings. The van der Waals surface area contributed by atoms with Crippen LogP contribution in [0.1, 0.15) is 30.9 Å². The third-order valence-electron chi connectivity index (χ3n) is 4.72. The van der Waals surface area contributed by atoms with Crippen molar-refractivity contribution >= 4 is 17.8 Å². The first-order valence-electron chi connectivity index (χ1n) is 9.96. The molecule has 156 valence electrons. The summed E-state index contributed by atoms with van der Waals surface area (Å²) in [4.78, 5) is 36.9. The predicted octanol–water partition coefficient (Wildman–Crippen LogP) is 3.95. The first-order chi connectivity index (χ1) is 14.5. The molecular weight excluding hydrogens is 382 g/mol. The summed E-state index contributed by atoms with van der Waals surface area (Å²) in [5.41, 5.74) is 1.71. The molecule has 1 aliphatic carbocycles. The van der Waals surface area contributed by atoms with Gasteiger partial charge in [0.2, 0.25) is 0 Å². The van der Waals surface area contributed by atoms with E-state index in [0.717, 1.165) is 11.1 Å². The second kappa shape index (κ2) is 10.4. The monoisotopic (exact) mass is 407 g/mol. The molecule has 0 radical (unpaired) electrons. The molecule has 0 saturated carbocycles. The molecule has 2 aromatic carbocycles. The number of rotatable bonds is 7. The summed E-state index contributed by atoms with van der Waals surface area (Å²) in [7, 11) is 0. The van der Waals surface area contributed by atoms with Gasteiger partial charge in [0.15, 0.2) is 5.78 Å². The molecule has 0 aliphatic heterocycles. The second-order valence-electron chi connectivity index (χ2n) is 7.46. The summed E-state index contributed by atoms with van der Waals surface area (Å²) < 4.78 is 10.7. The average Bonchev–Trinajstić information content (AvgIpc) is 2.72. The highest BCUT2D eigenvalue weighted by Gasteiger charge is 2.27. The van der Waals surface area contributed by atoms with Crippen LogP contribution in [0.2, 0.25) is 0 Å². The van der Waals surface area contributed by atoms with Crippen molar-refractivity contribution in [2.24, 2.45) is 5.92 Å². The highest BCUT2D eigenvalue weighted by atomic mass is 16.6. The molecule has 0 bridgehead atoms. The van der Waals surface area contributed by atoms with Gasteiger partial charge in [-0.2, -0.15) is 0 Å². The minimum absolute atomic E-state index is 0.0635. The maximum atomic E-state index is 12.8. The van der Waals surface area contributed by atoms with E-state index in [-0.39, 0.29) is 24.7 Å². The standard InChI is InChI=1S/C24H25NO5/c1-17-12-20(26)15-21(13-17)30-23(27)22(14-18-8-4-2-5-9-18)25-24(28)29-16-19-10-6-3-7-11-19/h2-11,15,17,22H,12-14,16H2,1H3,(H,25,28)/t17?,22-/m0/s1. The van der Waals surface area contributed by atoms with Crippen molar-refractivity contribution in [3.05, 3.63) is 83.6 Å². The molecule has 1 amide bonds. The van der Waals surface area contributed by atoms with Crippen molar-refractivity contribution in [1.29, 1.82) is 0 Å². The minimum atomic E-state index is -0.941. The predicted molar refractivity (Wildman–Crippen MR) is 111 cm³/mol. The number of allylic oxidation sites excluding steroid dienone is 2. The first kappa shape index (κ1) is 21.3. The van der Waals surface area contributed by atoms with Gasteiger partial charge in [-0.15, -0.1) is 0 Å². The summed E-state index contributed by atoms with van der Waals surface area (Å²) in [6, 6.07) is 17.6. The van der Waals surface area contributed by atoms with Crippen LogP contribution in [0.3, 0.4) is 0 Å². The maximum Gasteiger partial charge on any atom is 0.408 e. The SMILES string of the molecule is CC1CC(=O)C=C(OC(=O)[C@H](Cc2ccccc2)NC(=O)OCc2ccccc2)C1. The van der Waals surface area contributed by atoms with Gasteiger partial charge in [-0.3, -0.25) is 4.79 Å². The molecule has 6 heteroatoms. The molecule has 2 aromatic rings. The molecule has 3 rings (SSSR count). The number of benzene rings is 2. The number of ether oxygens (including phenoxy) is 2. The van der Waals surface area contributed by atoms with Gasteiger partial charge in [0.25, 0.3) is 0 Å². The van der Waals surface area contributed by atoms with Crippen molar-refractivity contribution in [2.75, 3.05) is 0 Å². The van der Waals surface area contributed by atoms with Crippen LogP contribution >= 0.6 is 0 Å². The van der Waals surface area contributed by atoms with E-state index in [2.05, 4.69) is 5.32 Å². The number of carbonyl (C=O) groups excluding carboxylic acids is 3. The topological polar surface area (TPSA) is 81.7 Å². The van der Waals surface area contributed by atoms with Crippen molar-refractivity contribution in [1.82, 2.24) is 5.32 Å². The van der Waals surface area contributed by atoms with Crippen LogP contribution in [0.15, 0.2) is 72.5 Å². The Kier molecular flexibility index (Phi) is 7.38. The Bertz CT molecular complexity index is 908. The Labute approximate surface area is 175 Å². The number of carbonyl (C=O) groups is 3. The van der Waals surface area contributed by atoms with E-state index in [1.54, 1.807) is 0 Å². The molecule has 30 heavy (non-hydrogen) atoms. The van der Waals surface area contributed by atoms with Crippen LogP contribution in [0.5, 0.6) is 0 Å². The van der Waals surface area contributed by atoms with Crippen LogP contribution in [0.4, 0.5) is 4.79 Å². The number of alkyl carbamates (subject to hydrolysis) is 1. The Morgan fingerprint density at radius 2 is 1.63 bits per heavy atom. The van der Waals surface area contributed by atoms with Crippen molar-refractivity contribution < 1.29 is 23.9 Å². The minimum Gasteiger partial charge on any atom is -0.445 e. The lowest BCUT2D eigenvalue weighted by molar-refractivity contribution is -0.142. The zero-order valence-corrected chi connectivity index (χ0v) is 16.9. The summed E-state index contributed by atoms with van der Waals surface area (Å²) in [5, 5.41) is 2.60. The molecule has 0 fully saturated rings. The molecule has 1 unspecified atom stereocenters. The van der Waals surface area contributed by atoms with E-state index in [4.69, 9.17) is 9.47 Å². The van der Waals surface area contributed by atoms with Crippen LogP contribution in [-0.2, 0) is 32.1 Å². The lowest BCUT2D eigenvalue weighted by atomic mass is 9.94. The molecular formula is C24H25NO5. The molecule has 0 spiro atoms. The highest BCUT2D eigenvalue weighted by Crippen LogP contribution is 2.23. The number of hydrogen-bond donors (Lipinski definition) is 1. The van der Waals surface area contributed by atoms with Crippen molar-refractivity contribution in [2.45, 2.75) is 38.8 Å². The Morgan fingerprint density at radius 1 is 1.00 bits per heavy atom. The Hall–Kier alpha value is -3.41. The first-order valence-corrected chi connectivity index (χ1v) is 9.96. The van der Waals surface area contributed by atoms with Crippen LogP contribution < -0.4 is 5.32 Å². The Balaban J connectivity index is 1.65. The molecule has 0 heterocycles. The largest absolute Gasteiger partial charge is 0.445 e. The fraction of sp³-hybridized carbons (Fsp3) is 0.292. The van der Waals surface area contributed by atoms with Gasteiger partial charge >= 0.3 is 12.1 Å². The number of amides is 1. The van der Waals surface area contributed by atoms with Gasteiger partial charge in [0.05, 0.1) is 0 Å². The van der Waals surface area contributed by atoms with Crippen molar-refractivity contribution in [3.63, 3.8) is 0 Å². The fourth-order valence-corrected chi connectivity index (χ4v) is 3.28. The molecule has 0 aromatic heterocycles. The normalized spacial score (nSPS) is 16.9. The maximum absolute atomic E-state index is 12.8. The molecule has 0 saturated heterocycles. The molecule has 1 N–H and O–H groups in total. The summed E-state index contributed by atoms with van der Waals surface area (Å²) >= 11 is 0. The van der Waals surface area contributed by atoms with Gasteiger partial charge < -0.3 is 14.8 Å². The Morgan fingerprint density at radius 3 is 2.27 bits per heavy atom. The van der Waals surface area contributed by atoms with Gasteiger partial charge in [0.1, 0.15) is 18.4 Å². The summed E-state index contributed by atoms with van der Waals surface area (Å²) in [6.45, 7) is 2.02. The van der Waals surface area contributed by atoms with E-state index in [0.29, 0.717) is 18.6 Å². The number of esters is 1. The zero-order valence-electron chi connectivity index (χ0n) is 16.9. The lowest BCUT2D eigenvalue weighted by Gasteiger charge is -2.21. The van der Waals surface area contributed by atoms with E-state index in [9.17, 15) is 14.4 Å². The van der Waals surface area contributed by atoms with E-state index < -0.39 is 18.1 Å². The van der Waals surface area contributed by atoms with E-state index in [1.807, 2.05) is 67.6 Å². The van der Waals surface area contributed by atoms with Crippen LogP contribution in [0, 0.1) is 5.92 Å². The highest BCUT2D eigenvalue weighted by molar-refractivity contribution is 5.92. The zero-order chi connectivity index (χ0) is 21.3. The summed E-state index contributed by atoms with van der Waals surface area (Å²) in [5.74, 6) is -0.238. The third kappa shape index (κ3) is 6.58. The van der Waals surface area contributed by atoms with Crippen molar-refractivity contribution in [3.8, 4) is 0 Å². The number of hydrogen-bond acceptors (Lipinski definition) is 5. The van der Waals surface area contributed by atoms with E-state index >= 15 is 0 Å². The summed E-state index contributed by atoms with van der Waals surface area (Å²) in [6.07, 6.45) is 1.85. The third-order valence-corrected chi connectivity index (χ3v) is 4.72. The smallest absolute Gasteiger partial charge is 0.408 e. The molecule has 6 nitrogen and oxygen atoms in total. The number of ketones is 1. The van der Waals surface area contributed by atoms with E-state index in [1.165, 1.54) is 6.08 Å². The lowest BCUT2D eigenvalue weighted by Crippen LogP contribution is -2.43. The van der Waals surface area contributed by atoms with Gasteiger partial charge in [-0.25, -0.2) is 9.59 Å². The number of nitrogens with one attached hydrogen (secondary N) is 1. The second-order valence-corrected chi connectivity index (χ2v) is 7.46. The fourth-order valence-electron chi connectivity index (χ4n) is 3.28. The van der Waals surface area contributed by atoms with Gasteiger partial charge in [-0.1, -0.05) is 67.6 Å².